The average molecular weight is 131 g/mol. The van der Waals surface area contributed by atoms with Crippen molar-refractivity contribution in [1.29, 1.82) is 0 Å². The normalized spacial score (nSPS) is 9.40. The first-order valence-corrected chi connectivity index (χ1v) is 3.28. The van der Waals surface area contributed by atoms with Gasteiger partial charge >= 0.3 is 0 Å². The van der Waals surface area contributed by atoms with Crippen molar-refractivity contribution in [1.82, 2.24) is 0 Å². The zero-order chi connectivity index (χ0) is 7.56. The summed E-state index contributed by atoms with van der Waals surface area (Å²) in [5, 5.41) is 0. The predicted octanol–water partition coefficient (Wildman–Crippen LogP) is 2.82. The van der Waals surface area contributed by atoms with Crippen LogP contribution in [0.2, 0.25) is 0 Å². The summed E-state index contributed by atoms with van der Waals surface area (Å²) in [6, 6.07) is 6.15. The fraction of sp³-hybridized carbons (Fsp3) is 0.100. The van der Waals surface area contributed by atoms with E-state index in [4.69, 9.17) is 0 Å². The van der Waals surface area contributed by atoms with Gasteiger partial charge in [0.2, 0.25) is 0 Å². The topological polar surface area (TPSA) is 0 Å². The van der Waals surface area contributed by atoms with E-state index in [1.165, 1.54) is 5.56 Å². The largest absolute Gasteiger partial charge is 0.0985 e. The van der Waals surface area contributed by atoms with Gasteiger partial charge in [0.15, 0.2) is 0 Å². The summed E-state index contributed by atoms with van der Waals surface area (Å²) in [6.45, 7) is 9.58. The molecule has 0 nitrogen and oxygen atoms in total. The zero-order valence-electron chi connectivity index (χ0n) is 6.22. The monoisotopic (exact) mass is 131 g/mol. The van der Waals surface area contributed by atoms with Crippen molar-refractivity contribution in [3.05, 3.63) is 48.4 Å². The molecule has 0 fully saturated rings. The summed E-state index contributed by atoms with van der Waals surface area (Å²) in [5.74, 6) is 0. The van der Waals surface area contributed by atoms with Crippen molar-refractivity contribution in [3.63, 3.8) is 0 Å². The van der Waals surface area contributed by atoms with Gasteiger partial charge in [-0.3, -0.25) is 0 Å². The van der Waals surface area contributed by atoms with Gasteiger partial charge in [-0.25, -0.2) is 0 Å². The first-order chi connectivity index (χ1) is 4.72. The molecular weight excluding hydrogens is 120 g/mol. The maximum atomic E-state index is 3.84. The lowest BCUT2D eigenvalue weighted by Crippen LogP contribution is -1.78. The summed E-state index contributed by atoms with van der Waals surface area (Å²) in [6.07, 6.45) is 1.84. The Morgan fingerprint density at radius 3 is 2.50 bits per heavy atom. The average Bonchev–Trinajstić information content (AvgIpc) is 1.85. The van der Waals surface area contributed by atoms with Gasteiger partial charge in [-0.15, -0.1) is 0 Å². The predicted molar refractivity (Wildman–Crippen MR) is 45.7 cm³/mol. The van der Waals surface area contributed by atoms with Crippen molar-refractivity contribution in [2.45, 2.75) is 6.92 Å². The molecule has 1 aromatic carbocycles. The summed E-state index contributed by atoms with van der Waals surface area (Å²) < 4.78 is 0. The van der Waals surface area contributed by atoms with Gasteiger partial charge in [-0.2, -0.15) is 0 Å². The summed E-state index contributed by atoms with van der Waals surface area (Å²) in [5.41, 5.74) is 3.43. The molecule has 0 bridgehead atoms. The van der Waals surface area contributed by atoms with Crippen LogP contribution in [0.25, 0.3) is 6.08 Å². The Balaban J connectivity index is 3.18. The minimum absolute atomic E-state index is 1.05. The highest BCUT2D eigenvalue weighted by Crippen LogP contribution is 2.08. The quantitative estimate of drug-likeness (QED) is 0.549. The fourth-order valence-corrected chi connectivity index (χ4v) is 1.01. The smallest absolute Gasteiger partial charge is 0.0238 e. The Labute approximate surface area is 62.2 Å². The van der Waals surface area contributed by atoms with E-state index in [0.717, 1.165) is 11.1 Å². The van der Waals surface area contributed by atoms with Gasteiger partial charge in [0.05, 0.1) is 0 Å². The molecule has 0 saturated carbocycles. The second kappa shape index (κ2) is 2.70. The Bertz CT molecular complexity index is 226. The van der Waals surface area contributed by atoms with Crippen LogP contribution in [-0.2, 0) is 0 Å². The van der Waals surface area contributed by atoms with E-state index < -0.39 is 0 Å². The number of aryl methyl sites for hydroxylation is 1. The van der Waals surface area contributed by atoms with E-state index in [2.05, 4.69) is 26.5 Å². The lowest BCUT2D eigenvalue weighted by atomic mass is 10.1. The molecule has 10 heavy (non-hydrogen) atoms. The third-order valence-corrected chi connectivity index (χ3v) is 1.40. The van der Waals surface area contributed by atoms with E-state index in [1.54, 1.807) is 0 Å². The molecule has 0 aliphatic heterocycles. The Morgan fingerprint density at radius 2 is 2.00 bits per heavy atom. The van der Waals surface area contributed by atoms with E-state index in [1.807, 2.05) is 18.2 Å². The molecule has 0 spiro atoms. The van der Waals surface area contributed by atoms with Crippen LogP contribution in [0, 0.1) is 13.8 Å². The molecule has 51 valence electrons. The lowest BCUT2D eigenvalue weighted by Gasteiger charge is -1.97. The highest BCUT2D eigenvalue weighted by Gasteiger charge is 1.89. The van der Waals surface area contributed by atoms with Gasteiger partial charge < -0.3 is 0 Å². The fourth-order valence-electron chi connectivity index (χ4n) is 1.01. The molecule has 0 aliphatic carbocycles. The molecule has 0 unspecified atom stereocenters. The molecule has 0 amide bonds. The number of hydrogen-bond acceptors (Lipinski definition) is 0. The van der Waals surface area contributed by atoms with E-state index in [0.29, 0.717) is 0 Å². The minimum Gasteiger partial charge on any atom is -0.0985 e. The molecule has 0 saturated heterocycles. The van der Waals surface area contributed by atoms with Crippen molar-refractivity contribution in [2.75, 3.05) is 0 Å². The van der Waals surface area contributed by atoms with Gasteiger partial charge in [-0.05, 0) is 25.0 Å². The van der Waals surface area contributed by atoms with Crippen LogP contribution in [0.3, 0.4) is 0 Å². The molecule has 1 radical (unpaired) electrons. The molecule has 0 atom stereocenters. The van der Waals surface area contributed by atoms with Gasteiger partial charge in [-0.1, -0.05) is 36.4 Å². The van der Waals surface area contributed by atoms with Crippen molar-refractivity contribution >= 4 is 6.08 Å². The van der Waals surface area contributed by atoms with Gasteiger partial charge in [0.25, 0.3) is 0 Å². The summed E-state index contributed by atoms with van der Waals surface area (Å²) in [4.78, 5) is 0. The number of rotatable bonds is 1. The van der Waals surface area contributed by atoms with Crippen molar-refractivity contribution < 1.29 is 0 Å². The molecule has 0 heterocycles. The minimum atomic E-state index is 1.05. The van der Waals surface area contributed by atoms with Crippen LogP contribution in [0.15, 0.2) is 24.8 Å². The highest BCUT2D eigenvalue weighted by molar-refractivity contribution is 5.50. The van der Waals surface area contributed by atoms with Crippen LogP contribution < -0.4 is 0 Å². The lowest BCUT2D eigenvalue weighted by molar-refractivity contribution is 1.43. The standard InChI is InChI=1S/C10H11/c1-4-10-6-8(2)5-9(3)7-10/h4-7H,1-2H2,3H3. The van der Waals surface area contributed by atoms with E-state index >= 15 is 0 Å². The van der Waals surface area contributed by atoms with Crippen LogP contribution in [0.1, 0.15) is 16.7 Å². The Morgan fingerprint density at radius 1 is 1.30 bits per heavy atom. The SMILES string of the molecule is [CH2]c1cc(C)cc(C=C)c1. The molecule has 0 aromatic heterocycles. The Hall–Kier alpha value is -1.04. The first kappa shape index (κ1) is 7.07. The molecule has 0 aliphatic rings. The second-order valence-electron chi connectivity index (χ2n) is 2.46. The van der Waals surface area contributed by atoms with E-state index in [-0.39, 0.29) is 0 Å². The van der Waals surface area contributed by atoms with Crippen LogP contribution in [0.4, 0.5) is 0 Å². The number of benzene rings is 1. The summed E-state index contributed by atoms with van der Waals surface area (Å²) >= 11 is 0. The molecule has 1 aromatic rings. The van der Waals surface area contributed by atoms with Crippen molar-refractivity contribution in [2.24, 2.45) is 0 Å². The van der Waals surface area contributed by atoms with Crippen LogP contribution in [0.5, 0.6) is 0 Å². The van der Waals surface area contributed by atoms with Gasteiger partial charge in [0, 0.05) is 0 Å². The molecular formula is C10H11. The molecule has 0 N–H and O–H groups in total. The third-order valence-electron chi connectivity index (χ3n) is 1.40. The second-order valence-corrected chi connectivity index (χ2v) is 2.46. The molecule has 0 heteroatoms. The maximum Gasteiger partial charge on any atom is -0.0238 e. The zero-order valence-corrected chi connectivity index (χ0v) is 6.22. The van der Waals surface area contributed by atoms with Gasteiger partial charge in [0.1, 0.15) is 0 Å². The summed E-state index contributed by atoms with van der Waals surface area (Å²) in [7, 11) is 0. The van der Waals surface area contributed by atoms with Crippen LogP contribution in [-0.4, -0.2) is 0 Å². The number of hydrogen-bond donors (Lipinski definition) is 0. The first-order valence-electron chi connectivity index (χ1n) is 3.28. The van der Waals surface area contributed by atoms with Crippen LogP contribution >= 0.6 is 0 Å². The maximum absolute atomic E-state index is 3.84. The highest BCUT2D eigenvalue weighted by atomic mass is 13.9. The molecule has 1 rings (SSSR count). The Kier molecular flexibility index (Phi) is 1.91. The van der Waals surface area contributed by atoms with Crippen molar-refractivity contribution in [3.8, 4) is 0 Å². The van der Waals surface area contributed by atoms with E-state index in [9.17, 15) is 0 Å². The third kappa shape index (κ3) is 1.47.